The number of imide groups is 1. The Kier molecular flexibility index (Phi) is 8.31. The number of unbranched alkanes of at least 4 members (excludes halogenated alkanes) is 2. The summed E-state index contributed by atoms with van der Waals surface area (Å²) in [6.07, 6.45) is 1.44. The first-order valence-corrected chi connectivity index (χ1v) is 13.7. The molecule has 1 aliphatic rings. The van der Waals surface area contributed by atoms with Crippen molar-refractivity contribution in [2.45, 2.75) is 38.1 Å². The molecular formula is C22H24BrCl2N2O5P. The van der Waals surface area contributed by atoms with Crippen molar-refractivity contribution in [1.29, 1.82) is 0 Å². The minimum absolute atomic E-state index is 0.205. The van der Waals surface area contributed by atoms with Crippen molar-refractivity contribution < 1.29 is 23.9 Å². The minimum atomic E-state index is -4.06. The number of anilines is 1. The summed E-state index contributed by atoms with van der Waals surface area (Å²) in [5.74, 6) is -0.385. The number of carbonyl (C=O) groups excluding carboxylic acids is 2. The molecule has 1 atom stereocenters. The maximum absolute atomic E-state index is 13.6. The fourth-order valence-corrected chi connectivity index (χ4v) is 5.36. The van der Waals surface area contributed by atoms with E-state index in [9.17, 15) is 14.2 Å². The predicted molar refractivity (Wildman–Crippen MR) is 133 cm³/mol. The van der Waals surface area contributed by atoms with Crippen LogP contribution in [0, 0.1) is 0 Å². The number of hydrogen-bond acceptors (Lipinski definition) is 3. The average molecular weight is 578 g/mol. The maximum Gasteiger partial charge on any atom is 0.332 e. The number of halogens is 3. The highest BCUT2D eigenvalue weighted by Crippen LogP contribution is 2.38. The lowest BCUT2D eigenvalue weighted by Crippen LogP contribution is -2.49. The number of nitrogens with zero attached hydrogens (tertiary/aromatic N) is 2. The molecule has 3 rings (SSSR count). The second kappa shape index (κ2) is 10.5. The second-order valence-electron chi connectivity index (χ2n) is 8.23. The Bertz CT molecular complexity index is 1070. The zero-order valence-electron chi connectivity index (χ0n) is 17.9. The van der Waals surface area contributed by atoms with Crippen LogP contribution in [0.4, 0.5) is 10.5 Å². The molecule has 33 heavy (non-hydrogen) atoms. The van der Waals surface area contributed by atoms with E-state index < -0.39 is 19.2 Å². The summed E-state index contributed by atoms with van der Waals surface area (Å²) in [6, 6.07) is 11.6. The van der Waals surface area contributed by atoms with E-state index in [1.54, 1.807) is 6.92 Å². The molecule has 1 fully saturated rings. The van der Waals surface area contributed by atoms with Gasteiger partial charge < -0.3 is 14.7 Å². The topological polar surface area (TPSA) is 98.2 Å². The maximum atomic E-state index is 13.6. The van der Waals surface area contributed by atoms with Crippen LogP contribution in [0.5, 0.6) is 0 Å². The molecule has 0 spiro atoms. The summed E-state index contributed by atoms with van der Waals surface area (Å²) in [5.41, 5.74) is 0.0380. The molecule has 1 aliphatic heterocycles. The van der Waals surface area contributed by atoms with Gasteiger partial charge in [0.2, 0.25) is 0 Å². The first kappa shape index (κ1) is 26.2. The Labute approximate surface area is 211 Å². The second-order valence-corrected chi connectivity index (χ2v) is 11.8. The molecular weight excluding hydrogens is 554 g/mol. The van der Waals surface area contributed by atoms with Crippen molar-refractivity contribution in [3.63, 3.8) is 0 Å². The smallest absolute Gasteiger partial charge is 0.324 e. The molecule has 7 nitrogen and oxygen atoms in total. The van der Waals surface area contributed by atoms with Crippen molar-refractivity contribution in [2.75, 3.05) is 17.6 Å². The van der Waals surface area contributed by atoms with E-state index in [2.05, 4.69) is 15.9 Å². The number of amides is 3. The summed E-state index contributed by atoms with van der Waals surface area (Å²) < 4.78 is 12.0. The van der Waals surface area contributed by atoms with Crippen LogP contribution < -0.4 is 4.90 Å². The van der Waals surface area contributed by atoms with Gasteiger partial charge in [-0.2, -0.15) is 0 Å². The van der Waals surface area contributed by atoms with Crippen molar-refractivity contribution in [3.8, 4) is 0 Å². The van der Waals surface area contributed by atoms with Crippen LogP contribution in [0.25, 0.3) is 0 Å². The van der Waals surface area contributed by atoms with Crippen LogP contribution in [-0.2, 0) is 15.8 Å². The Morgan fingerprint density at radius 3 is 2.18 bits per heavy atom. The molecule has 0 aliphatic carbocycles. The molecule has 178 valence electrons. The van der Waals surface area contributed by atoms with Crippen molar-refractivity contribution in [2.24, 2.45) is 0 Å². The average Bonchev–Trinajstić information content (AvgIpc) is 2.88. The monoisotopic (exact) mass is 576 g/mol. The van der Waals surface area contributed by atoms with Gasteiger partial charge in [-0.1, -0.05) is 57.7 Å². The van der Waals surface area contributed by atoms with Crippen LogP contribution >= 0.6 is 46.7 Å². The lowest BCUT2D eigenvalue weighted by molar-refractivity contribution is -0.124. The molecule has 1 heterocycles. The lowest BCUT2D eigenvalue weighted by Gasteiger charge is -2.32. The van der Waals surface area contributed by atoms with Gasteiger partial charge in [0, 0.05) is 33.6 Å². The largest absolute Gasteiger partial charge is 0.332 e. The standard InChI is InChI=1S/C22H24BrCl2N2O5P/c1-22(14-15-5-7-16(23)8-6-15)20(28)27(19-12-17(24)11-18(25)13-19)21(29)26(22)9-3-2-4-10-33(30,31)32/h5-8,11-13H,2-4,9-10,14H2,1H3,(H2,30,31,32). The molecule has 0 radical (unpaired) electrons. The summed E-state index contributed by atoms with van der Waals surface area (Å²) in [7, 11) is -4.06. The highest BCUT2D eigenvalue weighted by atomic mass is 79.9. The van der Waals surface area contributed by atoms with E-state index in [1.807, 2.05) is 24.3 Å². The number of urea groups is 1. The highest BCUT2D eigenvalue weighted by Gasteiger charge is 2.54. The van der Waals surface area contributed by atoms with Crippen LogP contribution in [0.15, 0.2) is 46.9 Å². The zero-order chi connectivity index (χ0) is 24.4. The van der Waals surface area contributed by atoms with E-state index in [4.69, 9.17) is 33.0 Å². The van der Waals surface area contributed by atoms with Crippen LogP contribution in [0.2, 0.25) is 10.0 Å². The molecule has 0 saturated carbocycles. The summed E-state index contributed by atoms with van der Waals surface area (Å²) >= 11 is 15.6. The fourth-order valence-electron chi connectivity index (χ4n) is 3.95. The molecule has 1 saturated heterocycles. The van der Waals surface area contributed by atoms with Gasteiger partial charge in [0.25, 0.3) is 5.91 Å². The highest BCUT2D eigenvalue weighted by molar-refractivity contribution is 9.10. The SMILES string of the molecule is CC1(Cc2ccc(Br)cc2)C(=O)N(c2cc(Cl)cc(Cl)c2)C(=O)N1CCCCCP(=O)(O)O. The van der Waals surface area contributed by atoms with E-state index in [0.29, 0.717) is 41.4 Å². The van der Waals surface area contributed by atoms with Crippen molar-refractivity contribution in [3.05, 3.63) is 62.5 Å². The van der Waals surface area contributed by atoms with Gasteiger partial charge in [-0.05, 0) is 55.7 Å². The quantitative estimate of drug-likeness (QED) is 0.220. The summed E-state index contributed by atoms with van der Waals surface area (Å²) in [6.45, 7) is 2.00. The van der Waals surface area contributed by atoms with Gasteiger partial charge in [0.05, 0.1) is 5.69 Å². The van der Waals surface area contributed by atoms with E-state index >= 15 is 0 Å². The third kappa shape index (κ3) is 6.38. The zero-order valence-corrected chi connectivity index (χ0v) is 21.9. The Balaban J connectivity index is 1.88. The van der Waals surface area contributed by atoms with E-state index in [-0.39, 0.29) is 18.6 Å². The Hall–Kier alpha value is -1.41. The number of rotatable bonds is 9. The van der Waals surface area contributed by atoms with Crippen LogP contribution in [0.1, 0.15) is 31.7 Å². The van der Waals surface area contributed by atoms with Crippen LogP contribution in [0.3, 0.4) is 0 Å². The molecule has 2 aromatic rings. The van der Waals surface area contributed by atoms with Gasteiger partial charge in [0.15, 0.2) is 0 Å². The van der Waals surface area contributed by atoms with E-state index in [1.165, 1.54) is 23.1 Å². The molecule has 2 aromatic carbocycles. The Morgan fingerprint density at radius 2 is 1.61 bits per heavy atom. The lowest BCUT2D eigenvalue weighted by atomic mass is 9.91. The third-order valence-corrected chi connectivity index (χ3v) is 7.44. The van der Waals surface area contributed by atoms with Gasteiger partial charge in [-0.3, -0.25) is 9.36 Å². The molecule has 2 N–H and O–H groups in total. The normalized spacial score (nSPS) is 19.0. The van der Waals surface area contributed by atoms with Crippen molar-refractivity contribution >= 4 is 64.4 Å². The molecule has 0 aromatic heterocycles. The first-order chi connectivity index (χ1) is 15.4. The fraction of sp³-hybridized carbons (Fsp3) is 0.364. The summed E-state index contributed by atoms with van der Waals surface area (Å²) in [5, 5.41) is 0.618. The van der Waals surface area contributed by atoms with Gasteiger partial charge in [0.1, 0.15) is 5.54 Å². The van der Waals surface area contributed by atoms with Crippen molar-refractivity contribution in [1.82, 2.24) is 4.90 Å². The minimum Gasteiger partial charge on any atom is -0.324 e. The Morgan fingerprint density at radius 1 is 1.00 bits per heavy atom. The first-order valence-electron chi connectivity index (χ1n) is 10.3. The molecule has 3 amide bonds. The van der Waals surface area contributed by atoms with Gasteiger partial charge in [-0.25, -0.2) is 9.69 Å². The van der Waals surface area contributed by atoms with Crippen LogP contribution in [-0.4, -0.2) is 44.9 Å². The molecule has 11 heteroatoms. The molecule has 1 unspecified atom stereocenters. The summed E-state index contributed by atoms with van der Waals surface area (Å²) in [4.78, 5) is 47.8. The number of hydrogen-bond donors (Lipinski definition) is 2. The van der Waals surface area contributed by atoms with E-state index in [0.717, 1.165) is 14.9 Å². The number of carbonyl (C=O) groups is 2. The van der Waals surface area contributed by atoms with Gasteiger partial charge >= 0.3 is 13.6 Å². The third-order valence-electron chi connectivity index (χ3n) is 5.58. The molecule has 0 bridgehead atoms. The number of benzene rings is 2. The van der Waals surface area contributed by atoms with Gasteiger partial charge in [-0.15, -0.1) is 0 Å². The predicted octanol–water partition coefficient (Wildman–Crippen LogP) is 5.87.